The summed E-state index contributed by atoms with van der Waals surface area (Å²) in [4.78, 5) is 18.5. The number of sulfone groups is 1. The Labute approximate surface area is 170 Å². The smallest absolute Gasteiger partial charge is 0.244 e. The number of fused-ring (bicyclic) bond motifs is 1. The van der Waals surface area contributed by atoms with Gasteiger partial charge in [-0.2, -0.15) is 0 Å². The molecule has 2 aliphatic rings. The van der Waals surface area contributed by atoms with E-state index in [1.54, 1.807) is 12.1 Å². The van der Waals surface area contributed by atoms with Crippen LogP contribution in [0.3, 0.4) is 0 Å². The molecule has 152 valence electrons. The number of thioether (sulfide) groups is 1. The van der Waals surface area contributed by atoms with Crippen LogP contribution in [0.4, 0.5) is 20.2 Å². The van der Waals surface area contributed by atoms with Crippen LogP contribution in [0.2, 0.25) is 0 Å². The summed E-state index contributed by atoms with van der Waals surface area (Å²) in [5.74, 6) is -1.40. The normalized spacial score (nSPS) is 22.1. The zero-order valence-electron chi connectivity index (χ0n) is 15.1. The molecule has 10 heteroatoms. The Morgan fingerprint density at radius 1 is 1.14 bits per heavy atom. The summed E-state index contributed by atoms with van der Waals surface area (Å²) in [6, 6.07) is 10.9. The molecule has 0 saturated carbocycles. The maximum Gasteiger partial charge on any atom is 0.244 e. The standard InChI is InChI=1S/C19H17F2N3O3S2/c20-12-5-7-13(8-6-12)22-18(25)9-24(16-4-2-1-3-14(16)21)19-23-15-10-29(26,27)11-17(15)28-19/h1-8,15,17H,9-11H2,(H,22,25)/t15-,17+/m1/s1. The molecule has 0 aliphatic carbocycles. The van der Waals surface area contributed by atoms with E-state index in [4.69, 9.17) is 0 Å². The Morgan fingerprint density at radius 2 is 1.86 bits per heavy atom. The number of carbonyl (C=O) groups is 1. The second-order valence-electron chi connectivity index (χ2n) is 6.80. The van der Waals surface area contributed by atoms with Crippen molar-refractivity contribution >= 4 is 44.0 Å². The average Bonchev–Trinajstić information content (AvgIpc) is 3.16. The fraction of sp³-hybridized carbons (Fsp3) is 0.263. The third kappa shape index (κ3) is 4.43. The van der Waals surface area contributed by atoms with Gasteiger partial charge in [-0.1, -0.05) is 23.9 Å². The molecule has 0 spiro atoms. The Bertz CT molecular complexity index is 1070. The zero-order valence-corrected chi connectivity index (χ0v) is 16.7. The number of hydrogen-bond donors (Lipinski definition) is 1. The minimum atomic E-state index is -3.13. The van der Waals surface area contributed by atoms with Crippen LogP contribution in [0.5, 0.6) is 0 Å². The SMILES string of the molecule is O=C(CN(C1=N[C@@H]2CS(=O)(=O)C[C@@H]2S1)c1ccccc1F)Nc1ccc(F)cc1. The van der Waals surface area contributed by atoms with Gasteiger partial charge in [0.15, 0.2) is 15.0 Å². The van der Waals surface area contributed by atoms with Crippen molar-refractivity contribution in [3.8, 4) is 0 Å². The lowest BCUT2D eigenvalue weighted by Gasteiger charge is -2.24. The predicted octanol–water partition coefficient (Wildman–Crippen LogP) is 2.68. The third-order valence-corrected chi connectivity index (χ3v) is 7.86. The molecule has 1 amide bonds. The Balaban J connectivity index is 1.57. The number of para-hydroxylation sites is 1. The molecule has 2 aliphatic heterocycles. The maximum absolute atomic E-state index is 14.5. The number of anilines is 2. The van der Waals surface area contributed by atoms with E-state index < -0.39 is 33.4 Å². The van der Waals surface area contributed by atoms with Crippen LogP contribution in [0.1, 0.15) is 0 Å². The van der Waals surface area contributed by atoms with Crippen molar-refractivity contribution in [3.05, 3.63) is 60.2 Å². The van der Waals surface area contributed by atoms with Gasteiger partial charge in [0.2, 0.25) is 5.91 Å². The lowest BCUT2D eigenvalue weighted by atomic mass is 10.2. The summed E-state index contributed by atoms with van der Waals surface area (Å²) in [5, 5.41) is 2.83. The summed E-state index contributed by atoms with van der Waals surface area (Å²) < 4.78 is 51.1. The molecule has 4 rings (SSSR count). The molecular formula is C19H17F2N3O3S2. The van der Waals surface area contributed by atoms with Crippen LogP contribution >= 0.6 is 11.8 Å². The van der Waals surface area contributed by atoms with Gasteiger partial charge in [0.05, 0.1) is 23.2 Å². The highest BCUT2D eigenvalue weighted by Crippen LogP contribution is 2.37. The molecule has 29 heavy (non-hydrogen) atoms. The van der Waals surface area contributed by atoms with E-state index >= 15 is 0 Å². The van der Waals surface area contributed by atoms with Gasteiger partial charge in [-0.3, -0.25) is 9.79 Å². The number of nitrogens with zero attached hydrogens (tertiary/aromatic N) is 2. The monoisotopic (exact) mass is 437 g/mol. The van der Waals surface area contributed by atoms with E-state index in [1.807, 2.05) is 0 Å². The summed E-state index contributed by atoms with van der Waals surface area (Å²) in [6.45, 7) is -0.226. The quantitative estimate of drug-likeness (QED) is 0.796. The van der Waals surface area contributed by atoms with Crippen LogP contribution < -0.4 is 10.2 Å². The first-order valence-corrected chi connectivity index (χ1v) is 11.5. The number of amides is 1. The number of benzene rings is 2. The molecule has 2 aromatic carbocycles. The van der Waals surface area contributed by atoms with Gasteiger partial charge in [-0.25, -0.2) is 17.2 Å². The highest BCUT2D eigenvalue weighted by Gasteiger charge is 2.44. The van der Waals surface area contributed by atoms with E-state index in [9.17, 15) is 22.0 Å². The molecular weight excluding hydrogens is 420 g/mol. The van der Waals surface area contributed by atoms with Gasteiger partial charge in [0, 0.05) is 10.9 Å². The van der Waals surface area contributed by atoms with Crippen molar-refractivity contribution in [2.45, 2.75) is 11.3 Å². The minimum absolute atomic E-state index is 0.0161. The molecule has 2 atom stereocenters. The lowest BCUT2D eigenvalue weighted by molar-refractivity contribution is -0.114. The molecule has 2 heterocycles. The number of amidine groups is 1. The van der Waals surface area contributed by atoms with Crippen molar-refractivity contribution in [2.75, 3.05) is 28.3 Å². The molecule has 1 saturated heterocycles. The van der Waals surface area contributed by atoms with Crippen LogP contribution in [0.15, 0.2) is 53.5 Å². The molecule has 6 nitrogen and oxygen atoms in total. The zero-order chi connectivity index (χ0) is 20.6. The van der Waals surface area contributed by atoms with Gasteiger partial charge in [0.25, 0.3) is 0 Å². The van der Waals surface area contributed by atoms with Crippen molar-refractivity contribution in [2.24, 2.45) is 4.99 Å². The van der Waals surface area contributed by atoms with Crippen LogP contribution in [0, 0.1) is 11.6 Å². The number of halogens is 2. The van der Waals surface area contributed by atoms with Crippen LogP contribution in [0.25, 0.3) is 0 Å². The Kier molecular flexibility index (Phi) is 5.30. The van der Waals surface area contributed by atoms with Crippen molar-refractivity contribution in [3.63, 3.8) is 0 Å². The van der Waals surface area contributed by atoms with E-state index in [1.165, 1.54) is 53.1 Å². The summed E-state index contributed by atoms with van der Waals surface area (Å²) in [5.41, 5.74) is 0.588. The number of aliphatic imine (C=N–C) groups is 1. The second-order valence-corrected chi connectivity index (χ2v) is 10.2. The van der Waals surface area contributed by atoms with Crippen LogP contribution in [-0.2, 0) is 14.6 Å². The highest BCUT2D eigenvalue weighted by atomic mass is 32.2. The molecule has 0 aromatic heterocycles. The van der Waals surface area contributed by atoms with Crippen molar-refractivity contribution in [1.82, 2.24) is 0 Å². The van der Waals surface area contributed by atoms with E-state index in [2.05, 4.69) is 10.3 Å². The number of carbonyl (C=O) groups excluding carboxylic acids is 1. The fourth-order valence-corrected chi connectivity index (χ4v) is 7.05. The maximum atomic E-state index is 14.5. The molecule has 0 bridgehead atoms. The second kappa shape index (κ2) is 7.75. The largest absolute Gasteiger partial charge is 0.325 e. The van der Waals surface area contributed by atoms with Crippen molar-refractivity contribution in [1.29, 1.82) is 0 Å². The topological polar surface area (TPSA) is 78.8 Å². The molecule has 0 radical (unpaired) electrons. The minimum Gasteiger partial charge on any atom is -0.325 e. The highest BCUT2D eigenvalue weighted by molar-refractivity contribution is 8.15. The molecule has 2 aromatic rings. The molecule has 1 fully saturated rings. The van der Waals surface area contributed by atoms with Gasteiger partial charge in [-0.15, -0.1) is 0 Å². The molecule has 0 unspecified atom stereocenters. The Morgan fingerprint density at radius 3 is 2.55 bits per heavy atom. The Hall–Kier alpha value is -2.46. The van der Waals surface area contributed by atoms with Gasteiger partial charge >= 0.3 is 0 Å². The van der Waals surface area contributed by atoms with Crippen molar-refractivity contribution < 1.29 is 22.0 Å². The first-order valence-electron chi connectivity index (χ1n) is 8.83. The van der Waals surface area contributed by atoms with Crippen LogP contribution in [-0.4, -0.2) is 48.8 Å². The van der Waals surface area contributed by atoms with E-state index in [-0.39, 0.29) is 29.0 Å². The van der Waals surface area contributed by atoms with Gasteiger partial charge in [-0.05, 0) is 36.4 Å². The summed E-state index contributed by atoms with van der Waals surface area (Å²) >= 11 is 1.25. The number of rotatable bonds is 4. The number of hydrogen-bond acceptors (Lipinski definition) is 6. The van der Waals surface area contributed by atoms with E-state index in [0.717, 1.165) is 0 Å². The number of nitrogens with one attached hydrogen (secondary N) is 1. The first kappa shape index (κ1) is 19.8. The first-order chi connectivity index (χ1) is 13.8. The van der Waals surface area contributed by atoms with Gasteiger partial charge < -0.3 is 10.2 Å². The summed E-state index contributed by atoms with van der Waals surface area (Å²) in [6.07, 6.45) is 0. The summed E-state index contributed by atoms with van der Waals surface area (Å²) in [7, 11) is -3.13. The average molecular weight is 437 g/mol. The lowest BCUT2D eigenvalue weighted by Crippen LogP contribution is -2.37. The molecule has 1 N–H and O–H groups in total. The fourth-order valence-electron chi connectivity index (χ4n) is 3.27. The third-order valence-electron chi connectivity index (χ3n) is 4.61. The van der Waals surface area contributed by atoms with E-state index in [0.29, 0.717) is 10.9 Å². The predicted molar refractivity (Wildman–Crippen MR) is 110 cm³/mol. The van der Waals surface area contributed by atoms with Gasteiger partial charge in [0.1, 0.15) is 18.2 Å².